The molecule has 0 radical (unpaired) electrons. The van der Waals surface area contributed by atoms with E-state index in [1.54, 1.807) is 4.90 Å². The van der Waals surface area contributed by atoms with Crippen LogP contribution in [0.3, 0.4) is 0 Å². The summed E-state index contributed by atoms with van der Waals surface area (Å²) >= 11 is 5.75. The van der Waals surface area contributed by atoms with Gasteiger partial charge in [0.1, 0.15) is 0 Å². The number of likely N-dealkylation sites (tertiary alicyclic amines) is 1. The summed E-state index contributed by atoms with van der Waals surface area (Å²) in [4.78, 5) is 25.1. The van der Waals surface area contributed by atoms with Gasteiger partial charge in [-0.3, -0.25) is 0 Å². The van der Waals surface area contributed by atoms with Gasteiger partial charge in [0.05, 0.1) is 23.3 Å². The Labute approximate surface area is 180 Å². The SMILES string of the molecule is O=C(O)c1ccn(C(=O)N2C[C@H]3C[C@H](OCc4cccc(Cl)c4C(F)(F)F)C[C@H]3C2)n1. The van der Waals surface area contributed by atoms with Crippen molar-refractivity contribution in [3.8, 4) is 0 Å². The molecule has 0 unspecified atom stereocenters. The summed E-state index contributed by atoms with van der Waals surface area (Å²) < 4.78 is 46.6. The highest BCUT2D eigenvalue weighted by molar-refractivity contribution is 6.31. The van der Waals surface area contributed by atoms with Gasteiger partial charge in [0.2, 0.25) is 0 Å². The number of amides is 1. The Morgan fingerprint density at radius 2 is 1.87 bits per heavy atom. The van der Waals surface area contributed by atoms with Crippen molar-refractivity contribution in [2.45, 2.75) is 31.7 Å². The van der Waals surface area contributed by atoms with E-state index < -0.39 is 23.7 Å². The summed E-state index contributed by atoms with van der Waals surface area (Å²) in [6, 6.07) is 4.90. The number of hydrogen-bond acceptors (Lipinski definition) is 4. The van der Waals surface area contributed by atoms with E-state index in [1.165, 1.54) is 30.5 Å². The highest BCUT2D eigenvalue weighted by atomic mass is 35.5. The number of ether oxygens (including phenoxy) is 1. The normalized spacial score (nSPS) is 23.2. The van der Waals surface area contributed by atoms with Gasteiger partial charge in [0, 0.05) is 19.3 Å². The van der Waals surface area contributed by atoms with Crippen LogP contribution in [-0.4, -0.2) is 51.0 Å². The fraction of sp³-hybridized carbons (Fsp3) is 0.450. The van der Waals surface area contributed by atoms with Crippen molar-refractivity contribution in [3.63, 3.8) is 0 Å². The first kappa shape index (κ1) is 21.6. The first-order valence-electron chi connectivity index (χ1n) is 9.68. The largest absolute Gasteiger partial charge is 0.476 e. The van der Waals surface area contributed by atoms with E-state index in [0.29, 0.717) is 25.9 Å². The van der Waals surface area contributed by atoms with Crippen molar-refractivity contribution in [2.24, 2.45) is 11.8 Å². The van der Waals surface area contributed by atoms with Gasteiger partial charge in [0.15, 0.2) is 5.69 Å². The molecule has 2 aromatic rings. The number of aromatic carboxylic acids is 1. The molecule has 166 valence electrons. The van der Waals surface area contributed by atoms with Crippen LogP contribution in [0.15, 0.2) is 30.5 Å². The zero-order chi connectivity index (χ0) is 22.3. The zero-order valence-corrected chi connectivity index (χ0v) is 16.9. The predicted molar refractivity (Wildman–Crippen MR) is 103 cm³/mol. The van der Waals surface area contributed by atoms with Gasteiger partial charge in [-0.1, -0.05) is 23.7 Å². The van der Waals surface area contributed by atoms with E-state index >= 15 is 0 Å². The molecule has 1 aliphatic carbocycles. The topological polar surface area (TPSA) is 84.7 Å². The summed E-state index contributed by atoms with van der Waals surface area (Å²) in [5.74, 6) is -0.868. The van der Waals surface area contributed by atoms with E-state index in [9.17, 15) is 22.8 Å². The van der Waals surface area contributed by atoms with Crippen molar-refractivity contribution in [2.75, 3.05) is 13.1 Å². The Balaban J connectivity index is 1.34. The second-order valence-corrected chi connectivity index (χ2v) is 8.24. The third-order valence-electron chi connectivity index (χ3n) is 5.84. The number of carbonyl (C=O) groups is 2. The molecule has 1 amide bonds. The summed E-state index contributed by atoms with van der Waals surface area (Å²) in [7, 11) is 0. The first-order valence-corrected chi connectivity index (χ1v) is 10.1. The lowest BCUT2D eigenvalue weighted by Gasteiger charge is -2.20. The number of alkyl halides is 3. The third kappa shape index (κ3) is 4.40. The standard InChI is InChI=1S/C20H19ClF3N3O4/c21-15-3-1-2-11(17(15)20(22,23)24)10-31-14-6-12-8-26(9-13(12)7-14)19(30)27-5-4-16(25-27)18(28)29/h1-5,12-14H,6-10H2,(H,28,29)/t12-,13+,14+. The molecule has 1 aliphatic heterocycles. The molecule has 1 saturated heterocycles. The monoisotopic (exact) mass is 457 g/mol. The molecule has 3 atom stereocenters. The summed E-state index contributed by atoms with van der Waals surface area (Å²) in [6.07, 6.45) is -2.17. The van der Waals surface area contributed by atoms with Crippen LogP contribution < -0.4 is 0 Å². The van der Waals surface area contributed by atoms with Crippen molar-refractivity contribution < 1.29 is 32.6 Å². The molecule has 1 aromatic carbocycles. The minimum Gasteiger partial charge on any atom is -0.476 e. The van der Waals surface area contributed by atoms with Gasteiger partial charge in [-0.15, -0.1) is 0 Å². The Kier molecular flexibility index (Phi) is 5.69. The molecule has 4 rings (SSSR count). The predicted octanol–water partition coefficient (Wildman–Crippen LogP) is 4.15. The highest BCUT2D eigenvalue weighted by Crippen LogP contribution is 2.41. The van der Waals surface area contributed by atoms with Gasteiger partial charge < -0.3 is 14.7 Å². The summed E-state index contributed by atoms with van der Waals surface area (Å²) in [6.45, 7) is 0.751. The number of carbonyl (C=O) groups excluding carboxylic acids is 1. The van der Waals surface area contributed by atoms with E-state index in [-0.39, 0.29) is 40.8 Å². The van der Waals surface area contributed by atoms with Gasteiger partial charge in [-0.2, -0.15) is 23.0 Å². The number of hydrogen-bond donors (Lipinski definition) is 1. The number of carboxylic acids is 1. The Morgan fingerprint density at radius 3 is 2.45 bits per heavy atom. The lowest BCUT2D eigenvalue weighted by atomic mass is 10.0. The van der Waals surface area contributed by atoms with Crippen LogP contribution in [0.25, 0.3) is 0 Å². The minimum atomic E-state index is -4.56. The fourth-order valence-corrected chi connectivity index (χ4v) is 4.74. The van der Waals surface area contributed by atoms with Gasteiger partial charge in [0.25, 0.3) is 0 Å². The maximum Gasteiger partial charge on any atom is 0.418 e. The number of rotatable bonds is 4. The number of carboxylic acid groups (broad SMARTS) is 1. The minimum absolute atomic E-state index is 0.00165. The van der Waals surface area contributed by atoms with Crippen LogP contribution >= 0.6 is 11.6 Å². The maximum atomic E-state index is 13.3. The lowest BCUT2D eigenvalue weighted by Crippen LogP contribution is -2.34. The molecule has 1 N–H and O–H groups in total. The summed E-state index contributed by atoms with van der Waals surface area (Å²) in [5, 5.41) is 12.3. The van der Waals surface area contributed by atoms with E-state index in [0.717, 1.165) is 4.68 Å². The van der Waals surface area contributed by atoms with Gasteiger partial charge in [-0.05, 0) is 42.4 Å². The van der Waals surface area contributed by atoms with Crippen LogP contribution in [0.2, 0.25) is 5.02 Å². The van der Waals surface area contributed by atoms with Crippen molar-refractivity contribution >= 4 is 23.6 Å². The molecule has 2 heterocycles. The quantitative estimate of drug-likeness (QED) is 0.745. The molecule has 1 saturated carbocycles. The van der Waals surface area contributed by atoms with Gasteiger partial charge >= 0.3 is 18.2 Å². The number of halogens is 4. The first-order chi connectivity index (χ1) is 14.6. The molecule has 0 spiro atoms. The van der Waals surface area contributed by atoms with E-state index in [2.05, 4.69) is 5.10 Å². The molecule has 1 aromatic heterocycles. The average molecular weight is 458 g/mol. The van der Waals surface area contributed by atoms with Crippen molar-refractivity contribution in [3.05, 3.63) is 52.3 Å². The van der Waals surface area contributed by atoms with Crippen molar-refractivity contribution in [1.29, 1.82) is 0 Å². The lowest BCUT2D eigenvalue weighted by molar-refractivity contribution is -0.139. The maximum absolute atomic E-state index is 13.3. The van der Waals surface area contributed by atoms with Crippen molar-refractivity contribution in [1.82, 2.24) is 14.7 Å². The Morgan fingerprint density at radius 1 is 1.19 bits per heavy atom. The Bertz CT molecular complexity index is 996. The number of aromatic nitrogens is 2. The van der Waals surface area contributed by atoms with Crippen LogP contribution in [0.5, 0.6) is 0 Å². The Hall–Kier alpha value is -2.59. The molecule has 0 bridgehead atoms. The smallest absolute Gasteiger partial charge is 0.418 e. The molecule has 31 heavy (non-hydrogen) atoms. The zero-order valence-electron chi connectivity index (χ0n) is 16.2. The van der Waals surface area contributed by atoms with Crippen LogP contribution in [0.4, 0.5) is 18.0 Å². The van der Waals surface area contributed by atoms with E-state index in [1.807, 2.05) is 0 Å². The van der Waals surface area contributed by atoms with Crippen LogP contribution in [0, 0.1) is 11.8 Å². The third-order valence-corrected chi connectivity index (χ3v) is 6.16. The molecule has 7 nitrogen and oxygen atoms in total. The van der Waals surface area contributed by atoms with Gasteiger partial charge in [-0.25, -0.2) is 9.59 Å². The average Bonchev–Trinajstić information content (AvgIpc) is 3.39. The molecular formula is C20H19ClF3N3O4. The van der Waals surface area contributed by atoms with Crippen LogP contribution in [0.1, 0.15) is 34.5 Å². The number of fused-ring (bicyclic) bond motifs is 1. The second-order valence-electron chi connectivity index (χ2n) is 7.83. The summed E-state index contributed by atoms with van der Waals surface area (Å²) in [5.41, 5.74) is -1.08. The molecular weight excluding hydrogens is 439 g/mol. The highest BCUT2D eigenvalue weighted by Gasteiger charge is 2.43. The fourth-order valence-electron chi connectivity index (χ4n) is 4.44. The molecule has 2 fully saturated rings. The van der Waals surface area contributed by atoms with E-state index in [4.69, 9.17) is 21.4 Å². The second kappa shape index (κ2) is 8.16. The van der Waals surface area contributed by atoms with Crippen LogP contribution in [-0.2, 0) is 17.5 Å². The molecule has 2 aliphatic rings. The number of nitrogens with zero attached hydrogens (tertiary/aromatic N) is 3. The molecule has 11 heteroatoms. The number of benzene rings is 1.